The van der Waals surface area contributed by atoms with Crippen molar-refractivity contribution in [3.63, 3.8) is 0 Å². The van der Waals surface area contributed by atoms with E-state index in [2.05, 4.69) is 35.7 Å². The van der Waals surface area contributed by atoms with Crippen LogP contribution in [0.2, 0.25) is 0 Å². The largest absolute Gasteiger partial charge is 0.319 e. The summed E-state index contributed by atoms with van der Waals surface area (Å²) in [6.45, 7) is 4.28. The fourth-order valence-electron chi connectivity index (χ4n) is 3.30. The van der Waals surface area contributed by atoms with Crippen LogP contribution < -0.4 is 9.52 Å². The summed E-state index contributed by atoms with van der Waals surface area (Å²) in [5.41, 5.74) is 2.85. The molecule has 32 heavy (non-hydrogen) atoms. The molecule has 0 saturated heterocycles. The lowest BCUT2D eigenvalue weighted by atomic mass is 10.0. The minimum Gasteiger partial charge on any atom is -0.319 e. The molecular formula is C24H23N3O3S2. The van der Waals surface area contributed by atoms with Crippen LogP contribution in [0.3, 0.4) is 0 Å². The molecule has 8 heteroatoms. The smallest absolute Gasteiger partial charge is 0.279 e. The van der Waals surface area contributed by atoms with E-state index >= 15 is 0 Å². The molecule has 0 spiro atoms. The standard InChI is InChI=1S/C24H23N3O3S2/c1-16(2)17-12-13-21-22(15-17)31-24(27(21)3)25-23(28)18-8-7-9-19(14-18)26-32(29,30)20-10-5-4-6-11-20/h4-16,26H,1-3H3. The summed E-state index contributed by atoms with van der Waals surface area (Å²) in [7, 11) is -1.86. The number of rotatable bonds is 5. The summed E-state index contributed by atoms with van der Waals surface area (Å²) in [5.74, 6) is -0.0202. The number of carbonyl (C=O) groups is 1. The van der Waals surface area contributed by atoms with E-state index in [-0.39, 0.29) is 4.90 Å². The zero-order chi connectivity index (χ0) is 22.9. The Bertz CT molecular complexity index is 1470. The molecule has 1 aromatic heterocycles. The number of nitrogens with one attached hydrogen (secondary N) is 1. The van der Waals surface area contributed by atoms with Crippen molar-refractivity contribution >= 4 is 43.2 Å². The van der Waals surface area contributed by atoms with E-state index in [1.807, 2.05) is 17.7 Å². The van der Waals surface area contributed by atoms with Gasteiger partial charge in [0, 0.05) is 18.3 Å². The van der Waals surface area contributed by atoms with Gasteiger partial charge in [0.25, 0.3) is 15.9 Å². The van der Waals surface area contributed by atoms with Crippen molar-refractivity contribution in [2.75, 3.05) is 4.72 Å². The van der Waals surface area contributed by atoms with Gasteiger partial charge in [0.15, 0.2) is 4.80 Å². The van der Waals surface area contributed by atoms with Crippen LogP contribution in [0.4, 0.5) is 5.69 Å². The van der Waals surface area contributed by atoms with E-state index in [1.54, 1.807) is 36.4 Å². The Morgan fingerprint density at radius 3 is 2.47 bits per heavy atom. The van der Waals surface area contributed by atoms with Crippen LogP contribution >= 0.6 is 11.3 Å². The predicted molar refractivity (Wildman–Crippen MR) is 128 cm³/mol. The molecule has 164 valence electrons. The second kappa shape index (κ2) is 8.72. The Balaban J connectivity index is 1.65. The van der Waals surface area contributed by atoms with E-state index < -0.39 is 15.9 Å². The molecule has 0 fully saturated rings. The van der Waals surface area contributed by atoms with Gasteiger partial charge >= 0.3 is 0 Å². The van der Waals surface area contributed by atoms with Crippen LogP contribution in [0.5, 0.6) is 0 Å². The zero-order valence-corrected chi connectivity index (χ0v) is 19.6. The van der Waals surface area contributed by atoms with Gasteiger partial charge in [-0.1, -0.05) is 55.5 Å². The van der Waals surface area contributed by atoms with Crippen molar-refractivity contribution < 1.29 is 13.2 Å². The lowest BCUT2D eigenvalue weighted by molar-refractivity contribution is 0.0998. The molecule has 1 amide bonds. The van der Waals surface area contributed by atoms with Crippen molar-refractivity contribution in [1.82, 2.24) is 4.57 Å². The number of thiazole rings is 1. The topological polar surface area (TPSA) is 80.5 Å². The maximum atomic E-state index is 12.9. The average Bonchev–Trinajstić information content (AvgIpc) is 3.08. The number of amides is 1. The van der Waals surface area contributed by atoms with Gasteiger partial charge in [-0.2, -0.15) is 4.99 Å². The second-order valence-electron chi connectivity index (χ2n) is 7.74. The van der Waals surface area contributed by atoms with E-state index in [0.717, 1.165) is 10.2 Å². The molecule has 1 heterocycles. The molecular weight excluding hydrogens is 442 g/mol. The van der Waals surface area contributed by atoms with Gasteiger partial charge in [-0.05, 0) is 53.9 Å². The third-order valence-electron chi connectivity index (χ3n) is 5.11. The van der Waals surface area contributed by atoms with Gasteiger partial charge in [0.2, 0.25) is 0 Å². The molecule has 0 unspecified atom stereocenters. The molecule has 4 rings (SSSR count). The van der Waals surface area contributed by atoms with Crippen LogP contribution in [0.25, 0.3) is 10.2 Å². The number of nitrogens with zero attached hydrogens (tertiary/aromatic N) is 2. The summed E-state index contributed by atoms with van der Waals surface area (Å²) >= 11 is 1.45. The van der Waals surface area contributed by atoms with Crippen molar-refractivity contribution in [3.8, 4) is 0 Å². The molecule has 3 aromatic carbocycles. The SMILES string of the molecule is CC(C)c1ccc2c(c1)sc(=NC(=O)c1cccc(NS(=O)(=O)c3ccccc3)c1)n2C. The first kappa shape index (κ1) is 22.0. The van der Waals surface area contributed by atoms with Crippen LogP contribution in [-0.4, -0.2) is 18.9 Å². The highest BCUT2D eigenvalue weighted by molar-refractivity contribution is 7.92. The predicted octanol–water partition coefficient (Wildman–Crippen LogP) is 4.91. The van der Waals surface area contributed by atoms with E-state index in [4.69, 9.17) is 0 Å². The van der Waals surface area contributed by atoms with Gasteiger partial charge in [-0.3, -0.25) is 9.52 Å². The van der Waals surface area contributed by atoms with Gasteiger partial charge in [-0.25, -0.2) is 8.42 Å². The number of anilines is 1. The molecule has 0 aliphatic rings. The Kier molecular flexibility index (Phi) is 5.99. The summed E-state index contributed by atoms with van der Waals surface area (Å²) in [6, 6.07) is 20.7. The van der Waals surface area contributed by atoms with Gasteiger partial charge in [0.1, 0.15) is 0 Å². The molecule has 0 aliphatic heterocycles. The zero-order valence-electron chi connectivity index (χ0n) is 17.9. The maximum absolute atomic E-state index is 12.9. The van der Waals surface area contributed by atoms with E-state index in [9.17, 15) is 13.2 Å². The monoisotopic (exact) mass is 465 g/mol. The van der Waals surface area contributed by atoms with Crippen LogP contribution in [-0.2, 0) is 17.1 Å². The lowest BCUT2D eigenvalue weighted by Gasteiger charge is -2.08. The Hall–Kier alpha value is -3.23. The first-order chi connectivity index (χ1) is 15.2. The van der Waals surface area contributed by atoms with Gasteiger partial charge < -0.3 is 4.57 Å². The fraction of sp³-hybridized carbons (Fsp3) is 0.167. The molecule has 4 aromatic rings. The number of fused-ring (bicyclic) bond motifs is 1. The second-order valence-corrected chi connectivity index (χ2v) is 10.4. The first-order valence-electron chi connectivity index (χ1n) is 10.1. The third-order valence-corrected chi connectivity index (χ3v) is 7.60. The molecule has 1 N–H and O–H groups in total. The molecule has 0 radical (unpaired) electrons. The molecule has 0 bridgehead atoms. The fourth-order valence-corrected chi connectivity index (χ4v) is 5.43. The van der Waals surface area contributed by atoms with Crippen LogP contribution in [0, 0.1) is 0 Å². The Labute approximate surface area is 190 Å². The number of aryl methyl sites for hydroxylation is 1. The number of carbonyl (C=O) groups excluding carboxylic acids is 1. The van der Waals surface area contributed by atoms with Crippen LogP contribution in [0.15, 0.2) is 82.7 Å². The number of hydrogen-bond donors (Lipinski definition) is 1. The van der Waals surface area contributed by atoms with Crippen LogP contribution in [0.1, 0.15) is 35.7 Å². The lowest BCUT2D eigenvalue weighted by Crippen LogP contribution is -2.14. The number of benzene rings is 3. The quantitative estimate of drug-likeness (QED) is 0.455. The molecule has 0 aliphatic carbocycles. The minimum atomic E-state index is -3.74. The molecule has 6 nitrogen and oxygen atoms in total. The summed E-state index contributed by atoms with van der Waals surface area (Å²) < 4.78 is 30.6. The van der Waals surface area contributed by atoms with Crippen molar-refractivity contribution in [1.29, 1.82) is 0 Å². The number of aromatic nitrogens is 1. The highest BCUT2D eigenvalue weighted by Crippen LogP contribution is 2.23. The van der Waals surface area contributed by atoms with E-state index in [0.29, 0.717) is 22.0 Å². The summed E-state index contributed by atoms with van der Waals surface area (Å²) in [4.78, 5) is 17.9. The minimum absolute atomic E-state index is 0.152. The summed E-state index contributed by atoms with van der Waals surface area (Å²) in [6.07, 6.45) is 0. The Morgan fingerprint density at radius 1 is 1.00 bits per heavy atom. The van der Waals surface area contributed by atoms with Crippen molar-refractivity contribution in [3.05, 3.63) is 88.7 Å². The maximum Gasteiger partial charge on any atom is 0.279 e. The normalized spacial score (nSPS) is 12.4. The van der Waals surface area contributed by atoms with Gasteiger partial charge in [-0.15, -0.1) is 0 Å². The highest BCUT2D eigenvalue weighted by Gasteiger charge is 2.15. The highest BCUT2D eigenvalue weighted by atomic mass is 32.2. The van der Waals surface area contributed by atoms with Gasteiger partial charge in [0.05, 0.1) is 15.1 Å². The third kappa shape index (κ3) is 4.51. The van der Waals surface area contributed by atoms with E-state index in [1.165, 1.54) is 35.1 Å². The number of hydrogen-bond acceptors (Lipinski definition) is 4. The summed E-state index contributed by atoms with van der Waals surface area (Å²) in [5, 5.41) is 0. The molecule has 0 atom stereocenters. The molecule has 0 saturated carbocycles. The van der Waals surface area contributed by atoms with Crippen molar-refractivity contribution in [2.24, 2.45) is 12.0 Å². The number of sulfonamides is 1. The first-order valence-corrected chi connectivity index (χ1v) is 12.4. The average molecular weight is 466 g/mol. The van der Waals surface area contributed by atoms with Crippen molar-refractivity contribution in [2.45, 2.75) is 24.7 Å². The Morgan fingerprint density at radius 2 is 1.75 bits per heavy atom.